The first kappa shape index (κ1) is 30.1. The van der Waals surface area contributed by atoms with Crippen molar-refractivity contribution >= 4 is 11.8 Å². The molecule has 3 aromatic carbocycles. The number of fused-ring (bicyclic) bond motifs is 1. The van der Waals surface area contributed by atoms with Crippen LogP contribution in [0.1, 0.15) is 33.6 Å². The maximum absolute atomic E-state index is 12.3. The maximum Gasteiger partial charge on any atom is 0.261 e. The molecular formula is C36H34N4O4. The van der Waals surface area contributed by atoms with Crippen LogP contribution in [-0.2, 0) is 0 Å². The second kappa shape index (κ2) is 15.2. The fourth-order valence-electron chi connectivity index (χ4n) is 4.70. The van der Waals surface area contributed by atoms with E-state index >= 15 is 0 Å². The van der Waals surface area contributed by atoms with Crippen molar-refractivity contribution < 1.29 is 19.1 Å². The zero-order valence-electron chi connectivity index (χ0n) is 24.3. The van der Waals surface area contributed by atoms with Crippen LogP contribution in [0.25, 0.3) is 22.3 Å². The SMILES string of the molecule is NCCCOc1ccc(-c2cccnc2)cc1.O=C1c2ccccc2C(=O)N1CCCOc1cccc(-c2cccnc2)c1. The van der Waals surface area contributed by atoms with Crippen LogP contribution in [-0.4, -0.2) is 53.0 Å². The molecule has 0 radical (unpaired) electrons. The van der Waals surface area contributed by atoms with Gasteiger partial charge < -0.3 is 15.2 Å². The largest absolute Gasteiger partial charge is 0.494 e. The molecule has 8 nitrogen and oxygen atoms in total. The summed E-state index contributed by atoms with van der Waals surface area (Å²) >= 11 is 0. The number of benzene rings is 3. The van der Waals surface area contributed by atoms with Gasteiger partial charge in [0.2, 0.25) is 0 Å². The molecule has 0 unspecified atom stereocenters. The number of carbonyl (C=O) groups excluding carboxylic acids is 2. The predicted octanol–water partition coefficient (Wildman–Crippen LogP) is 6.29. The average Bonchev–Trinajstić information content (AvgIpc) is 3.33. The van der Waals surface area contributed by atoms with Crippen molar-refractivity contribution in [3.8, 4) is 33.8 Å². The fourth-order valence-corrected chi connectivity index (χ4v) is 4.70. The van der Waals surface area contributed by atoms with Gasteiger partial charge in [-0.05, 0) is 84.6 Å². The molecule has 0 fully saturated rings. The highest BCUT2D eigenvalue weighted by Gasteiger charge is 2.34. The summed E-state index contributed by atoms with van der Waals surface area (Å²) < 4.78 is 11.3. The third-order valence-corrected chi connectivity index (χ3v) is 6.97. The highest BCUT2D eigenvalue weighted by molar-refractivity contribution is 6.21. The lowest BCUT2D eigenvalue weighted by Gasteiger charge is -2.14. The number of hydrogen-bond donors (Lipinski definition) is 1. The van der Waals surface area contributed by atoms with Crippen molar-refractivity contribution in [3.05, 3.63) is 133 Å². The summed E-state index contributed by atoms with van der Waals surface area (Å²) in [6, 6.07) is 30.6. The van der Waals surface area contributed by atoms with E-state index in [9.17, 15) is 9.59 Å². The number of pyridine rings is 2. The molecule has 222 valence electrons. The van der Waals surface area contributed by atoms with Crippen molar-refractivity contribution in [2.24, 2.45) is 5.73 Å². The minimum Gasteiger partial charge on any atom is -0.494 e. The topological polar surface area (TPSA) is 108 Å². The highest BCUT2D eigenvalue weighted by Crippen LogP contribution is 2.25. The van der Waals surface area contributed by atoms with E-state index in [1.54, 1.807) is 42.9 Å². The molecule has 0 atom stereocenters. The normalized spacial score (nSPS) is 11.9. The molecule has 0 saturated heterocycles. The van der Waals surface area contributed by atoms with Crippen LogP contribution in [0.3, 0.4) is 0 Å². The van der Waals surface area contributed by atoms with Crippen LogP contribution in [0.4, 0.5) is 0 Å². The summed E-state index contributed by atoms with van der Waals surface area (Å²) in [6.45, 7) is 2.09. The van der Waals surface area contributed by atoms with Gasteiger partial charge in [-0.3, -0.25) is 24.5 Å². The van der Waals surface area contributed by atoms with E-state index in [2.05, 4.69) is 9.97 Å². The number of nitrogens with zero attached hydrogens (tertiary/aromatic N) is 3. The molecule has 0 aliphatic carbocycles. The van der Waals surface area contributed by atoms with E-state index in [1.165, 1.54) is 4.90 Å². The van der Waals surface area contributed by atoms with Gasteiger partial charge in [0.1, 0.15) is 11.5 Å². The Morgan fingerprint density at radius 3 is 1.80 bits per heavy atom. The molecular weight excluding hydrogens is 552 g/mol. The number of nitrogens with two attached hydrogens (primary N) is 1. The molecule has 1 aliphatic rings. The molecule has 2 amide bonds. The number of carbonyl (C=O) groups is 2. The highest BCUT2D eigenvalue weighted by atomic mass is 16.5. The van der Waals surface area contributed by atoms with E-state index in [1.807, 2.05) is 79.0 Å². The Balaban J connectivity index is 0.000000195. The first-order valence-corrected chi connectivity index (χ1v) is 14.6. The predicted molar refractivity (Wildman–Crippen MR) is 170 cm³/mol. The second-order valence-corrected chi connectivity index (χ2v) is 10.0. The van der Waals surface area contributed by atoms with Crippen molar-refractivity contribution in [1.29, 1.82) is 0 Å². The molecule has 1 aliphatic heterocycles. The summed E-state index contributed by atoms with van der Waals surface area (Å²) in [7, 11) is 0. The van der Waals surface area contributed by atoms with Crippen LogP contribution in [0.5, 0.6) is 11.5 Å². The number of amides is 2. The quantitative estimate of drug-likeness (QED) is 0.143. The number of aromatic nitrogens is 2. The van der Waals surface area contributed by atoms with Gasteiger partial charge in [-0.15, -0.1) is 0 Å². The second-order valence-electron chi connectivity index (χ2n) is 10.0. The average molecular weight is 587 g/mol. The lowest BCUT2D eigenvalue weighted by molar-refractivity contribution is 0.0646. The molecule has 8 heteroatoms. The Kier molecular flexibility index (Phi) is 10.4. The van der Waals surface area contributed by atoms with Crippen LogP contribution in [0.15, 0.2) is 122 Å². The number of hydrogen-bond acceptors (Lipinski definition) is 7. The van der Waals surface area contributed by atoms with Crippen LogP contribution in [0.2, 0.25) is 0 Å². The van der Waals surface area contributed by atoms with Crippen molar-refractivity contribution in [3.63, 3.8) is 0 Å². The Bertz CT molecular complexity index is 1630. The maximum atomic E-state index is 12.3. The Morgan fingerprint density at radius 1 is 0.591 bits per heavy atom. The van der Waals surface area contributed by atoms with Gasteiger partial charge in [0.15, 0.2) is 0 Å². The van der Waals surface area contributed by atoms with Gasteiger partial charge in [-0.25, -0.2) is 0 Å². The van der Waals surface area contributed by atoms with Gasteiger partial charge in [0, 0.05) is 36.9 Å². The monoisotopic (exact) mass is 586 g/mol. The van der Waals surface area contributed by atoms with Crippen molar-refractivity contribution in [2.45, 2.75) is 12.8 Å². The number of ether oxygens (including phenoxy) is 2. The number of rotatable bonds is 11. The Hall–Kier alpha value is -5.34. The van der Waals surface area contributed by atoms with Crippen LogP contribution >= 0.6 is 0 Å². The summed E-state index contributed by atoms with van der Waals surface area (Å²) in [6.07, 6.45) is 8.62. The third kappa shape index (κ3) is 7.73. The van der Waals surface area contributed by atoms with Crippen LogP contribution < -0.4 is 15.2 Å². The molecule has 0 saturated carbocycles. The van der Waals surface area contributed by atoms with Gasteiger partial charge in [0.05, 0.1) is 24.3 Å². The van der Waals surface area contributed by atoms with Crippen LogP contribution in [0, 0.1) is 0 Å². The molecule has 2 N–H and O–H groups in total. The zero-order valence-corrected chi connectivity index (χ0v) is 24.3. The minimum absolute atomic E-state index is 0.228. The van der Waals surface area contributed by atoms with Gasteiger partial charge in [-0.2, -0.15) is 0 Å². The minimum atomic E-state index is -0.228. The Labute approximate surface area is 257 Å². The third-order valence-electron chi connectivity index (χ3n) is 6.97. The van der Waals surface area contributed by atoms with Crippen molar-refractivity contribution in [2.75, 3.05) is 26.3 Å². The first-order chi connectivity index (χ1) is 21.6. The summed E-state index contributed by atoms with van der Waals surface area (Å²) in [5.74, 6) is 1.17. The molecule has 0 bridgehead atoms. The molecule has 44 heavy (non-hydrogen) atoms. The van der Waals surface area contributed by atoms with E-state index in [0.717, 1.165) is 40.2 Å². The van der Waals surface area contributed by atoms with E-state index < -0.39 is 0 Å². The summed E-state index contributed by atoms with van der Waals surface area (Å²) in [5.41, 5.74) is 10.7. The smallest absolute Gasteiger partial charge is 0.261 e. The van der Waals surface area contributed by atoms with E-state index in [0.29, 0.717) is 43.9 Å². The molecule has 3 heterocycles. The fraction of sp³-hybridized carbons (Fsp3) is 0.167. The summed E-state index contributed by atoms with van der Waals surface area (Å²) in [5, 5.41) is 0. The van der Waals surface area contributed by atoms with Gasteiger partial charge in [0.25, 0.3) is 11.8 Å². The zero-order chi connectivity index (χ0) is 30.6. The molecule has 0 spiro atoms. The molecule has 2 aromatic heterocycles. The lowest BCUT2D eigenvalue weighted by Crippen LogP contribution is -2.31. The standard InChI is InChI=1S/C22H18N2O3.C14H16N2O/c25-21-19-9-1-2-10-20(19)22(26)24(21)12-5-13-27-18-8-3-6-16(14-18)17-7-4-11-23-15-17;15-8-2-10-17-14-6-4-12(5-7-14)13-3-1-9-16-11-13/h1-4,6-11,14-15H,5,12-13H2;1,3-7,9,11H,2,8,10,15H2. The van der Waals surface area contributed by atoms with E-state index in [-0.39, 0.29) is 11.8 Å². The van der Waals surface area contributed by atoms with Gasteiger partial charge >= 0.3 is 0 Å². The number of imide groups is 1. The first-order valence-electron chi connectivity index (χ1n) is 14.6. The van der Waals surface area contributed by atoms with Crippen molar-refractivity contribution in [1.82, 2.24) is 14.9 Å². The summed E-state index contributed by atoms with van der Waals surface area (Å²) in [4.78, 5) is 34.2. The van der Waals surface area contributed by atoms with E-state index in [4.69, 9.17) is 15.2 Å². The van der Waals surface area contributed by atoms with Gasteiger partial charge in [-0.1, -0.05) is 48.5 Å². The molecule has 6 rings (SSSR count). The molecule has 5 aromatic rings. The lowest BCUT2D eigenvalue weighted by atomic mass is 10.1. The Morgan fingerprint density at radius 2 is 1.18 bits per heavy atom.